The molecule has 1 atom stereocenters. The van der Waals surface area contributed by atoms with Gasteiger partial charge in [-0.05, 0) is 25.2 Å². The standard InChI is InChI=1S/C8H11NOS/c10-4-6-1-2-8-7(3-6)9-5-11-8/h5-6,10H,1-4H2. The normalized spacial score (nSPS) is 23.2. The molecule has 0 aliphatic heterocycles. The summed E-state index contributed by atoms with van der Waals surface area (Å²) < 4.78 is 0. The third-order valence-electron chi connectivity index (χ3n) is 2.25. The molecule has 0 radical (unpaired) electrons. The number of rotatable bonds is 1. The van der Waals surface area contributed by atoms with Crippen molar-refractivity contribution in [3.63, 3.8) is 0 Å². The molecule has 11 heavy (non-hydrogen) atoms. The zero-order chi connectivity index (χ0) is 7.68. The Bertz CT molecular complexity index is 246. The molecule has 2 rings (SSSR count). The Hall–Kier alpha value is -0.410. The average Bonchev–Trinajstić information content (AvgIpc) is 2.50. The maximum Gasteiger partial charge on any atom is 0.0797 e. The van der Waals surface area contributed by atoms with Gasteiger partial charge in [0, 0.05) is 11.5 Å². The molecule has 3 heteroatoms. The lowest BCUT2D eigenvalue weighted by atomic mass is 9.92. The summed E-state index contributed by atoms with van der Waals surface area (Å²) in [7, 11) is 0. The first-order chi connectivity index (χ1) is 5.40. The van der Waals surface area contributed by atoms with Crippen LogP contribution in [0, 0.1) is 5.92 Å². The molecule has 0 aromatic carbocycles. The van der Waals surface area contributed by atoms with E-state index < -0.39 is 0 Å². The lowest BCUT2D eigenvalue weighted by Gasteiger charge is -2.18. The van der Waals surface area contributed by atoms with Gasteiger partial charge in [-0.25, -0.2) is 4.98 Å². The summed E-state index contributed by atoms with van der Waals surface area (Å²) in [6, 6.07) is 0. The van der Waals surface area contributed by atoms with E-state index >= 15 is 0 Å². The van der Waals surface area contributed by atoms with Crippen LogP contribution in [0.25, 0.3) is 0 Å². The lowest BCUT2D eigenvalue weighted by molar-refractivity contribution is 0.213. The second-order valence-electron chi connectivity index (χ2n) is 3.01. The SMILES string of the molecule is OCC1CCc2scnc2C1. The van der Waals surface area contributed by atoms with Crippen molar-refractivity contribution in [3.05, 3.63) is 16.1 Å². The Morgan fingerprint density at radius 1 is 1.73 bits per heavy atom. The molecule has 1 N–H and O–H groups in total. The third-order valence-corrected chi connectivity index (χ3v) is 3.18. The van der Waals surface area contributed by atoms with Crippen molar-refractivity contribution >= 4 is 11.3 Å². The third kappa shape index (κ3) is 1.30. The molecule has 1 aromatic rings. The van der Waals surface area contributed by atoms with Gasteiger partial charge in [-0.15, -0.1) is 11.3 Å². The summed E-state index contributed by atoms with van der Waals surface area (Å²) in [5.74, 6) is 0.463. The van der Waals surface area contributed by atoms with Gasteiger partial charge in [0.1, 0.15) is 0 Å². The van der Waals surface area contributed by atoms with E-state index in [0.717, 1.165) is 19.3 Å². The molecule has 0 saturated carbocycles. The number of hydrogen-bond donors (Lipinski definition) is 1. The fraction of sp³-hybridized carbons (Fsp3) is 0.625. The molecule has 0 amide bonds. The minimum Gasteiger partial charge on any atom is -0.396 e. The highest BCUT2D eigenvalue weighted by Crippen LogP contribution is 2.26. The van der Waals surface area contributed by atoms with Crippen LogP contribution in [0.4, 0.5) is 0 Å². The predicted molar refractivity (Wildman–Crippen MR) is 44.7 cm³/mol. The van der Waals surface area contributed by atoms with Crippen molar-refractivity contribution in [2.24, 2.45) is 5.92 Å². The van der Waals surface area contributed by atoms with Crippen LogP contribution in [-0.4, -0.2) is 16.7 Å². The van der Waals surface area contributed by atoms with Gasteiger partial charge in [-0.1, -0.05) is 0 Å². The van der Waals surface area contributed by atoms with Crippen molar-refractivity contribution in [1.82, 2.24) is 4.98 Å². The number of aryl methyl sites for hydroxylation is 1. The summed E-state index contributed by atoms with van der Waals surface area (Å²) in [6.45, 7) is 0.316. The van der Waals surface area contributed by atoms with Crippen molar-refractivity contribution in [3.8, 4) is 0 Å². The second kappa shape index (κ2) is 2.91. The quantitative estimate of drug-likeness (QED) is 0.686. The molecule has 0 spiro atoms. The van der Waals surface area contributed by atoms with Gasteiger partial charge < -0.3 is 5.11 Å². The van der Waals surface area contributed by atoms with Crippen molar-refractivity contribution in [1.29, 1.82) is 0 Å². The Morgan fingerprint density at radius 2 is 2.64 bits per heavy atom. The molecule has 0 saturated heterocycles. The maximum absolute atomic E-state index is 8.93. The van der Waals surface area contributed by atoms with Crippen LogP contribution >= 0.6 is 11.3 Å². The van der Waals surface area contributed by atoms with Gasteiger partial charge in [0.15, 0.2) is 0 Å². The molecule has 1 aliphatic carbocycles. The molecule has 0 bridgehead atoms. The fourth-order valence-electron chi connectivity index (χ4n) is 1.53. The molecule has 1 aromatic heterocycles. The van der Waals surface area contributed by atoms with Crippen molar-refractivity contribution < 1.29 is 5.11 Å². The number of fused-ring (bicyclic) bond motifs is 1. The van der Waals surface area contributed by atoms with E-state index in [1.54, 1.807) is 11.3 Å². The number of aliphatic hydroxyl groups excluding tert-OH is 1. The summed E-state index contributed by atoms with van der Waals surface area (Å²) in [6.07, 6.45) is 3.23. The largest absolute Gasteiger partial charge is 0.396 e. The van der Waals surface area contributed by atoms with E-state index in [9.17, 15) is 0 Å². The first-order valence-corrected chi connectivity index (χ1v) is 4.80. The number of nitrogens with zero attached hydrogens (tertiary/aromatic N) is 1. The van der Waals surface area contributed by atoms with E-state index in [-0.39, 0.29) is 0 Å². The molecular formula is C8H11NOS. The van der Waals surface area contributed by atoms with Crippen LogP contribution in [0.1, 0.15) is 17.0 Å². The predicted octanol–water partition coefficient (Wildman–Crippen LogP) is 1.24. The van der Waals surface area contributed by atoms with E-state index in [4.69, 9.17) is 5.11 Å². The Labute approximate surface area is 69.9 Å². The molecular weight excluding hydrogens is 158 g/mol. The van der Waals surface area contributed by atoms with Gasteiger partial charge in [-0.2, -0.15) is 0 Å². The first kappa shape index (κ1) is 7.25. The van der Waals surface area contributed by atoms with Gasteiger partial charge in [-0.3, -0.25) is 0 Å². The van der Waals surface area contributed by atoms with Gasteiger partial charge in [0.25, 0.3) is 0 Å². The minimum absolute atomic E-state index is 0.316. The van der Waals surface area contributed by atoms with Crippen LogP contribution < -0.4 is 0 Å². The lowest BCUT2D eigenvalue weighted by Crippen LogP contribution is -2.16. The van der Waals surface area contributed by atoms with E-state index in [2.05, 4.69) is 4.98 Å². The van der Waals surface area contributed by atoms with Crippen LogP contribution in [0.2, 0.25) is 0 Å². The van der Waals surface area contributed by atoms with E-state index in [0.29, 0.717) is 12.5 Å². The molecule has 60 valence electrons. The first-order valence-electron chi connectivity index (χ1n) is 3.92. The van der Waals surface area contributed by atoms with Crippen molar-refractivity contribution in [2.45, 2.75) is 19.3 Å². The number of hydrogen-bond acceptors (Lipinski definition) is 3. The average molecular weight is 169 g/mol. The highest BCUT2D eigenvalue weighted by Gasteiger charge is 2.19. The van der Waals surface area contributed by atoms with E-state index in [1.165, 1.54) is 10.6 Å². The summed E-state index contributed by atoms with van der Waals surface area (Å²) in [4.78, 5) is 5.69. The highest BCUT2D eigenvalue weighted by atomic mass is 32.1. The minimum atomic E-state index is 0.316. The van der Waals surface area contributed by atoms with Gasteiger partial charge in [0.2, 0.25) is 0 Å². The molecule has 1 aliphatic rings. The monoisotopic (exact) mass is 169 g/mol. The number of aliphatic hydroxyl groups is 1. The summed E-state index contributed by atoms with van der Waals surface area (Å²) in [5.41, 5.74) is 3.13. The van der Waals surface area contributed by atoms with E-state index in [1.807, 2.05) is 5.51 Å². The second-order valence-corrected chi connectivity index (χ2v) is 3.95. The van der Waals surface area contributed by atoms with Crippen LogP contribution in [0.5, 0.6) is 0 Å². The molecule has 0 fully saturated rings. The Kier molecular flexibility index (Phi) is 1.92. The van der Waals surface area contributed by atoms with Crippen LogP contribution in [0.3, 0.4) is 0 Å². The maximum atomic E-state index is 8.93. The summed E-state index contributed by atoms with van der Waals surface area (Å²) in [5, 5.41) is 8.93. The highest BCUT2D eigenvalue weighted by molar-refractivity contribution is 7.09. The fourth-order valence-corrected chi connectivity index (χ4v) is 2.34. The Balaban J connectivity index is 2.18. The number of thiazole rings is 1. The Morgan fingerprint density at radius 3 is 3.45 bits per heavy atom. The smallest absolute Gasteiger partial charge is 0.0797 e. The zero-order valence-electron chi connectivity index (χ0n) is 6.29. The summed E-state index contributed by atoms with van der Waals surface area (Å²) >= 11 is 1.75. The zero-order valence-corrected chi connectivity index (χ0v) is 7.10. The van der Waals surface area contributed by atoms with Crippen LogP contribution in [-0.2, 0) is 12.8 Å². The molecule has 2 nitrogen and oxygen atoms in total. The van der Waals surface area contributed by atoms with Crippen molar-refractivity contribution in [2.75, 3.05) is 6.61 Å². The molecule has 1 unspecified atom stereocenters. The van der Waals surface area contributed by atoms with Crippen LogP contribution in [0.15, 0.2) is 5.51 Å². The van der Waals surface area contributed by atoms with Gasteiger partial charge >= 0.3 is 0 Å². The van der Waals surface area contributed by atoms with Gasteiger partial charge in [0.05, 0.1) is 11.2 Å². The topological polar surface area (TPSA) is 33.1 Å². The molecule has 1 heterocycles. The number of aromatic nitrogens is 1.